The zero-order chi connectivity index (χ0) is 26.1. The first-order valence-corrected chi connectivity index (χ1v) is 12.6. The molecule has 0 saturated heterocycles. The van der Waals surface area contributed by atoms with Crippen molar-refractivity contribution in [2.45, 2.75) is 18.4 Å². The summed E-state index contributed by atoms with van der Waals surface area (Å²) in [4.78, 5) is 30.9. The third-order valence-electron chi connectivity index (χ3n) is 5.58. The second-order valence-corrected chi connectivity index (χ2v) is 10.0. The van der Waals surface area contributed by atoms with Gasteiger partial charge >= 0.3 is 7.82 Å². The molecule has 0 bridgehead atoms. The minimum atomic E-state index is -4.73. The molecule has 190 valence electrons. The average molecular weight is 538 g/mol. The highest BCUT2D eigenvalue weighted by atomic mass is 35.5. The second kappa shape index (κ2) is 10.3. The number of aliphatic hydroxyl groups is 1. The van der Waals surface area contributed by atoms with Crippen LogP contribution in [0.3, 0.4) is 0 Å². The van der Waals surface area contributed by atoms with Crippen LogP contribution in [0, 0.1) is 5.82 Å². The molecule has 5 N–H and O–H groups in total. The van der Waals surface area contributed by atoms with Crippen LogP contribution in [0.4, 0.5) is 4.39 Å². The molecule has 0 amide bonds. The molecule has 0 aliphatic carbocycles. The van der Waals surface area contributed by atoms with Crippen LogP contribution < -0.4 is 15.9 Å². The Morgan fingerprint density at radius 3 is 2.44 bits per heavy atom. The van der Waals surface area contributed by atoms with E-state index in [1.165, 1.54) is 24.3 Å². The predicted octanol–water partition coefficient (Wildman–Crippen LogP) is 4.26. The highest BCUT2D eigenvalue weighted by Crippen LogP contribution is 2.37. The van der Waals surface area contributed by atoms with Crippen LogP contribution in [0.5, 0.6) is 11.5 Å². The maximum absolute atomic E-state index is 13.4. The molecule has 0 radical (unpaired) electrons. The smallest absolute Gasteiger partial charge is 0.457 e. The number of hydrogen-bond donors (Lipinski definition) is 4. The Labute approximate surface area is 209 Å². The zero-order valence-electron chi connectivity index (χ0n) is 18.7. The molecule has 0 fully saturated rings. The van der Waals surface area contributed by atoms with Gasteiger partial charge < -0.3 is 29.8 Å². The van der Waals surface area contributed by atoms with Gasteiger partial charge in [-0.25, -0.2) is 8.96 Å². The number of phosphoric acid groups is 1. The average Bonchev–Trinajstić information content (AvgIpc) is 2.84. The fourth-order valence-corrected chi connectivity index (χ4v) is 4.17. The number of ether oxygens (including phenoxy) is 1. The van der Waals surface area contributed by atoms with E-state index >= 15 is 0 Å². The van der Waals surface area contributed by atoms with Crippen LogP contribution in [-0.2, 0) is 15.5 Å². The van der Waals surface area contributed by atoms with Gasteiger partial charge in [0.2, 0.25) is 5.43 Å². The zero-order valence-corrected chi connectivity index (χ0v) is 20.3. The van der Waals surface area contributed by atoms with Crippen molar-refractivity contribution in [3.63, 3.8) is 0 Å². The monoisotopic (exact) mass is 537 g/mol. The van der Waals surface area contributed by atoms with Crippen LogP contribution in [-0.4, -0.2) is 33.6 Å². The first-order chi connectivity index (χ1) is 17.0. The molecule has 0 aliphatic rings. The molecule has 4 rings (SSSR count). The van der Waals surface area contributed by atoms with Gasteiger partial charge in [-0.15, -0.1) is 0 Å². The number of hydrogen-bond acceptors (Lipinski definition) is 7. The summed E-state index contributed by atoms with van der Waals surface area (Å²) < 4.78 is 40.4. The normalized spacial score (nSPS) is 13.7. The van der Waals surface area contributed by atoms with Crippen molar-refractivity contribution >= 4 is 41.4 Å². The Hall–Kier alpha value is -2.82. The first-order valence-electron chi connectivity index (χ1n) is 10.7. The van der Waals surface area contributed by atoms with E-state index in [1.54, 1.807) is 30.3 Å². The van der Waals surface area contributed by atoms with Gasteiger partial charge in [-0.1, -0.05) is 17.7 Å². The minimum Gasteiger partial charge on any atom is -0.457 e. The van der Waals surface area contributed by atoms with Gasteiger partial charge in [-0.05, 0) is 60.9 Å². The van der Waals surface area contributed by atoms with Crippen LogP contribution in [0.15, 0.2) is 63.8 Å². The van der Waals surface area contributed by atoms with Gasteiger partial charge in [0.05, 0.1) is 34.5 Å². The van der Waals surface area contributed by atoms with Crippen LogP contribution in [0.1, 0.15) is 12.0 Å². The molecule has 0 aliphatic heterocycles. The fourth-order valence-electron chi connectivity index (χ4n) is 3.58. The molecule has 12 heteroatoms. The van der Waals surface area contributed by atoms with E-state index in [0.29, 0.717) is 34.5 Å². The molecule has 1 heterocycles. The van der Waals surface area contributed by atoms with E-state index in [0.717, 1.165) is 5.56 Å². The third-order valence-corrected chi connectivity index (χ3v) is 6.33. The highest BCUT2D eigenvalue weighted by Gasteiger charge is 2.28. The molecule has 1 atom stereocenters. The predicted molar refractivity (Wildman–Crippen MR) is 132 cm³/mol. The highest BCUT2D eigenvalue weighted by molar-refractivity contribution is 7.46. The minimum absolute atomic E-state index is 0.0882. The quantitative estimate of drug-likeness (QED) is 0.181. The summed E-state index contributed by atoms with van der Waals surface area (Å²) in [5.74, 6) is 0.0758. The SMILES string of the molecule is NC(CO)(CCc1ccc2c(=O)c3cc(Oc4ccc(F)c(Cl)c4)ccc3oc2c1)COP(=O)(O)O. The van der Waals surface area contributed by atoms with E-state index in [1.807, 2.05) is 0 Å². The lowest BCUT2D eigenvalue weighted by Crippen LogP contribution is -2.48. The summed E-state index contributed by atoms with van der Waals surface area (Å²) in [6.07, 6.45) is 0.479. The standard InChI is InChI=1S/C24H22ClFNO8P/c25-19-11-16(2-5-20(19)26)34-15-3-6-21-18(10-15)23(29)17-4-1-14(9-22(17)35-21)7-8-24(27,12-28)13-33-36(30,31)32/h1-6,9-11,28H,7-8,12-13,27H2,(H2,30,31,32). The summed E-state index contributed by atoms with van der Waals surface area (Å²) in [6.45, 7) is -1.08. The van der Waals surface area contributed by atoms with Gasteiger partial charge in [0, 0.05) is 6.07 Å². The lowest BCUT2D eigenvalue weighted by molar-refractivity contribution is 0.102. The summed E-state index contributed by atoms with van der Waals surface area (Å²) >= 11 is 5.79. The van der Waals surface area contributed by atoms with Crippen LogP contribution in [0.2, 0.25) is 5.02 Å². The lowest BCUT2D eigenvalue weighted by atomic mass is 9.93. The van der Waals surface area contributed by atoms with Crippen molar-refractivity contribution in [3.05, 3.63) is 81.2 Å². The Balaban J connectivity index is 1.58. The van der Waals surface area contributed by atoms with E-state index in [4.69, 9.17) is 36.3 Å². The van der Waals surface area contributed by atoms with E-state index in [2.05, 4.69) is 4.52 Å². The topological polar surface area (TPSA) is 152 Å². The molecular weight excluding hydrogens is 516 g/mol. The summed E-state index contributed by atoms with van der Waals surface area (Å²) in [6, 6.07) is 13.6. The number of nitrogens with two attached hydrogens (primary N) is 1. The molecule has 9 nitrogen and oxygen atoms in total. The number of halogens is 2. The van der Waals surface area contributed by atoms with Crippen molar-refractivity contribution in [1.29, 1.82) is 0 Å². The van der Waals surface area contributed by atoms with Crippen molar-refractivity contribution in [2.75, 3.05) is 13.2 Å². The number of aryl methyl sites for hydroxylation is 1. The molecule has 1 unspecified atom stereocenters. The van der Waals surface area contributed by atoms with E-state index in [9.17, 15) is 18.9 Å². The Morgan fingerprint density at radius 2 is 1.75 bits per heavy atom. The fraction of sp³-hybridized carbons (Fsp3) is 0.208. The van der Waals surface area contributed by atoms with Gasteiger partial charge in [0.1, 0.15) is 28.5 Å². The van der Waals surface area contributed by atoms with Crippen LogP contribution >= 0.6 is 19.4 Å². The Bertz CT molecular complexity index is 1540. The van der Waals surface area contributed by atoms with Crippen molar-refractivity contribution < 1.29 is 37.5 Å². The molecule has 0 saturated carbocycles. The first kappa shape index (κ1) is 26.2. The van der Waals surface area contributed by atoms with E-state index in [-0.39, 0.29) is 22.3 Å². The van der Waals surface area contributed by atoms with Gasteiger partial charge in [0.25, 0.3) is 0 Å². The summed E-state index contributed by atoms with van der Waals surface area (Å²) in [5.41, 5.74) is 5.77. The summed E-state index contributed by atoms with van der Waals surface area (Å²) in [5, 5.41) is 10.1. The van der Waals surface area contributed by atoms with Gasteiger partial charge in [-0.3, -0.25) is 9.32 Å². The van der Waals surface area contributed by atoms with Crippen molar-refractivity contribution in [2.24, 2.45) is 5.73 Å². The maximum Gasteiger partial charge on any atom is 0.469 e. The number of phosphoric ester groups is 1. The molecule has 3 aromatic carbocycles. The molecule has 1 aromatic heterocycles. The number of rotatable bonds is 9. The number of fused-ring (bicyclic) bond motifs is 2. The molecule has 36 heavy (non-hydrogen) atoms. The number of benzene rings is 3. The maximum atomic E-state index is 13.4. The van der Waals surface area contributed by atoms with E-state index < -0.39 is 32.4 Å². The number of aliphatic hydroxyl groups excluding tert-OH is 1. The Kier molecular flexibility index (Phi) is 7.49. The van der Waals surface area contributed by atoms with Crippen LogP contribution in [0.25, 0.3) is 21.9 Å². The largest absolute Gasteiger partial charge is 0.469 e. The Morgan fingerprint density at radius 1 is 1.03 bits per heavy atom. The van der Waals surface area contributed by atoms with Crippen molar-refractivity contribution in [3.8, 4) is 11.5 Å². The molecular formula is C24H22ClFNO8P. The van der Waals surface area contributed by atoms with Crippen molar-refractivity contribution in [1.82, 2.24) is 0 Å². The molecule has 0 spiro atoms. The van der Waals surface area contributed by atoms with Gasteiger partial charge in [0.15, 0.2) is 0 Å². The molecule has 4 aromatic rings. The summed E-state index contributed by atoms with van der Waals surface area (Å²) in [7, 11) is -4.73. The lowest BCUT2D eigenvalue weighted by Gasteiger charge is -2.27. The third kappa shape index (κ3) is 6.11. The van der Waals surface area contributed by atoms with Gasteiger partial charge in [-0.2, -0.15) is 0 Å². The second-order valence-electron chi connectivity index (χ2n) is 8.38.